The first-order valence-corrected chi connectivity index (χ1v) is 6.95. The third-order valence-electron chi connectivity index (χ3n) is 3.95. The topological polar surface area (TPSA) is 34.1 Å². The van der Waals surface area contributed by atoms with Gasteiger partial charge in [0.15, 0.2) is 0 Å². The zero-order valence-electron chi connectivity index (χ0n) is 12.6. The van der Waals surface area contributed by atoms with Crippen LogP contribution in [0.3, 0.4) is 0 Å². The lowest BCUT2D eigenvalue weighted by Gasteiger charge is -2.16. The number of methoxy groups -OCH3 is 1. The van der Waals surface area contributed by atoms with Gasteiger partial charge in [0.05, 0.1) is 7.11 Å². The van der Waals surface area contributed by atoms with Crippen molar-refractivity contribution in [2.45, 2.75) is 25.7 Å². The molecule has 112 valence electrons. The Bertz CT molecular complexity index is 623. The fraction of sp³-hybridized carbons (Fsp3) is 0.353. The third kappa shape index (κ3) is 3.13. The fourth-order valence-electron chi connectivity index (χ4n) is 2.64. The zero-order valence-corrected chi connectivity index (χ0v) is 13.5. The van der Waals surface area contributed by atoms with Gasteiger partial charge in [-0.1, -0.05) is 26.0 Å². The van der Waals surface area contributed by atoms with Crippen molar-refractivity contribution < 1.29 is 4.74 Å². The average molecular weight is 305 g/mol. The number of rotatable bonds is 3. The maximum atomic E-state index is 5.18. The van der Waals surface area contributed by atoms with E-state index < -0.39 is 0 Å². The van der Waals surface area contributed by atoms with Crippen LogP contribution in [0.4, 0.5) is 5.69 Å². The molecule has 1 aromatic heterocycles. The van der Waals surface area contributed by atoms with E-state index in [1.165, 1.54) is 16.8 Å². The summed E-state index contributed by atoms with van der Waals surface area (Å²) in [6.45, 7) is 5.48. The van der Waals surface area contributed by atoms with Crippen molar-refractivity contribution in [3.05, 3.63) is 53.3 Å². The number of aromatic nitrogens is 1. The van der Waals surface area contributed by atoms with Crippen molar-refractivity contribution in [1.82, 2.24) is 4.98 Å². The van der Waals surface area contributed by atoms with Gasteiger partial charge in [-0.05, 0) is 23.8 Å². The molecule has 1 aliphatic rings. The highest BCUT2D eigenvalue weighted by atomic mass is 35.5. The number of pyridine rings is 1. The van der Waals surface area contributed by atoms with E-state index in [4.69, 9.17) is 4.74 Å². The Morgan fingerprint density at radius 2 is 1.95 bits per heavy atom. The molecule has 4 heteroatoms. The summed E-state index contributed by atoms with van der Waals surface area (Å²) >= 11 is 0. The molecule has 1 aromatic carbocycles. The maximum Gasteiger partial charge on any atom is 0.118 e. The zero-order chi connectivity index (χ0) is 14.2. The van der Waals surface area contributed by atoms with Gasteiger partial charge < -0.3 is 10.1 Å². The molecule has 0 saturated heterocycles. The average Bonchev–Trinajstić information content (AvgIpc) is 2.75. The standard InChI is InChI=1S/C17H20N2O.ClH/c1-17(2)11-19-16-9-13(18-10-15(16)17)8-12-4-6-14(20-3)7-5-12;/h4-7,9-10,19H,8,11H2,1-3H3;1H. The first-order valence-electron chi connectivity index (χ1n) is 6.95. The van der Waals surface area contributed by atoms with Crippen LogP contribution in [0.5, 0.6) is 5.75 Å². The molecule has 0 fully saturated rings. The van der Waals surface area contributed by atoms with Gasteiger partial charge in [0.1, 0.15) is 5.75 Å². The van der Waals surface area contributed by atoms with Crippen molar-refractivity contribution >= 4 is 18.1 Å². The molecule has 2 aromatic rings. The molecule has 0 atom stereocenters. The summed E-state index contributed by atoms with van der Waals surface area (Å²) in [5, 5.41) is 3.47. The van der Waals surface area contributed by atoms with Gasteiger partial charge in [-0.3, -0.25) is 4.98 Å². The van der Waals surface area contributed by atoms with Crippen molar-refractivity contribution in [3.63, 3.8) is 0 Å². The van der Waals surface area contributed by atoms with Gasteiger partial charge in [-0.15, -0.1) is 12.4 Å². The lowest BCUT2D eigenvalue weighted by Crippen LogP contribution is -2.19. The number of hydrogen-bond acceptors (Lipinski definition) is 3. The summed E-state index contributed by atoms with van der Waals surface area (Å²) in [6.07, 6.45) is 2.87. The number of fused-ring (bicyclic) bond motifs is 1. The quantitative estimate of drug-likeness (QED) is 0.936. The van der Waals surface area contributed by atoms with Crippen LogP contribution in [-0.4, -0.2) is 18.6 Å². The minimum atomic E-state index is 0. The van der Waals surface area contributed by atoms with Crippen LogP contribution >= 0.6 is 12.4 Å². The van der Waals surface area contributed by atoms with Gasteiger partial charge in [0.25, 0.3) is 0 Å². The number of benzene rings is 1. The summed E-state index contributed by atoms with van der Waals surface area (Å²) in [6, 6.07) is 10.3. The Morgan fingerprint density at radius 1 is 1.24 bits per heavy atom. The molecular formula is C17H21ClN2O. The molecule has 0 radical (unpaired) electrons. The summed E-state index contributed by atoms with van der Waals surface area (Å²) in [7, 11) is 1.68. The highest BCUT2D eigenvalue weighted by molar-refractivity contribution is 5.85. The molecule has 3 nitrogen and oxygen atoms in total. The second kappa shape index (κ2) is 5.94. The van der Waals surface area contributed by atoms with Crippen LogP contribution in [0.2, 0.25) is 0 Å². The smallest absolute Gasteiger partial charge is 0.118 e. The van der Waals surface area contributed by atoms with E-state index in [0.29, 0.717) is 0 Å². The molecule has 0 saturated carbocycles. The van der Waals surface area contributed by atoms with Crippen molar-refractivity contribution in [1.29, 1.82) is 0 Å². The molecule has 3 rings (SSSR count). The molecule has 0 spiro atoms. The largest absolute Gasteiger partial charge is 0.497 e. The van der Waals surface area contributed by atoms with Crippen molar-refractivity contribution in [3.8, 4) is 5.75 Å². The minimum Gasteiger partial charge on any atom is -0.497 e. The molecular weight excluding hydrogens is 284 g/mol. The highest BCUT2D eigenvalue weighted by Gasteiger charge is 2.29. The summed E-state index contributed by atoms with van der Waals surface area (Å²) in [5.74, 6) is 0.888. The molecule has 0 unspecified atom stereocenters. The molecule has 1 aliphatic heterocycles. The number of nitrogens with one attached hydrogen (secondary N) is 1. The Labute approximate surface area is 132 Å². The van der Waals surface area contributed by atoms with Crippen LogP contribution in [-0.2, 0) is 11.8 Å². The van der Waals surface area contributed by atoms with E-state index >= 15 is 0 Å². The Morgan fingerprint density at radius 3 is 2.62 bits per heavy atom. The van der Waals surface area contributed by atoms with Gasteiger partial charge in [0, 0.05) is 41.5 Å². The van der Waals surface area contributed by atoms with Crippen LogP contribution in [0, 0.1) is 0 Å². The van der Waals surface area contributed by atoms with E-state index in [2.05, 4.69) is 42.3 Å². The van der Waals surface area contributed by atoms with E-state index in [0.717, 1.165) is 24.4 Å². The summed E-state index contributed by atoms with van der Waals surface area (Å²) in [5.41, 5.74) is 5.07. The fourth-order valence-corrected chi connectivity index (χ4v) is 2.64. The van der Waals surface area contributed by atoms with Crippen LogP contribution in [0.25, 0.3) is 0 Å². The van der Waals surface area contributed by atoms with Gasteiger partial charge >= 0.3 is 0 Å². The molecule has 0 aliphatic carbocycles. The lowest BCUT2D eigenvalue weighted by molar-refractivity contribution is 0.414. The number of halogens is 1. The van der Waals surface area contributed by atoms with Crippen molar-refractivity contribution in [2.24, 2.45) is 0 Å². The SMILES string of the molecule is COc1ccc(Cc2cc3c(cn2)C(C)(C)CN3)cc1.Cl. The van der Waals surface area contributed by atoms with Crippen LogP contribution in [0.1, 0.15) is 30.7 Å². The number of nitrogens with zero attached hydrogens (tertiary/aromatic N) is 1. The van der Waals surface area contributed by atoms with E-state index in [9.17, 15) is 0 Å². The first kappa shape index (κ1) is 15.6. The Kier molecular flexibility index (Phi) is 4.43. The van der Waals surface area contributed by atoms with Gasteiger partial charge in [0.2, 0.25) is 0 Å². The second-order valence-corrected chi connectivity index (χ2v) is 5.98. The normalized spacial score (nSPS) is 14.8. The third-order valence-corrected chi connectivity index (χ3v) is 3.95. The van der Waals surface area contributed by atoms with E-state index in [1.54, 1.807) is 7.11 Å². The molecule has 1 N–H and O–H groups in total. The maximum absolute atomic E-state index is 5.18. The second-order valence-electron chi connectivity index (χ2n) is 5.98. The molecule has 0 amide bonds. The Hall–Kier alpha value is -1.74. The number of anilines is 1. The summed E-state index contributed by atoms with van der Waals surface area (Å²) in [4.78, 5) is 4.61. The monoisotopic (exact) mass is 304 g/mol. The Balaban J connectivity index is 0.00000161. The lowest BCUT2D eigenvalue weighted by atomic mass is 9.88. The van der Waals surface area contributed by atoms with Gasteiger partial charge in [-0.25, -0.2) is 0 Å². The van der Waals surface area contributed by atoms with Crippen LogP contribution in [0.15, 0.2) is 36.5 Å². The number of hydrogen-bond donors (Lipinski definition) is 1. The van der Waals surface area contributed by atoms with E-state index in [1.807, 2.05) is 18.3 Å². The molecule has 0 bridgehead atoms. The molecule has 21 heavy (non-hydrogen) atoms. The predicted molar refractivity (Wildman–Crippen MR) is 88.8 cm³/mol. The van der Waals surface area contributed by atoms with Crippen LogP contribution < -0.4 is 10.1 Å². The van der Waals surface area contributed by atoms with Gasteiger partial charge in [-0.2, -0.15) is 0 Å². The minimum absolute atomic E-state index is 0. The van der Waals surface area contributed by atoms with E-state index in [-0.39, 0.29) is 17.8 Å². The predicted octanol–water partition coefficient (Wildman–Crippen LogP) is 3.81. The molecule has 2 heterocycles. The van der Waals surface area contributed by atoms with Crippen molar-refractivity contribution in [2.75, 3.05) is 19.0 Å². The number of ether oxygens (including phenoxy) is 1. The summed E-state index contributed by atoms with van der Waals surface area (Å²) < 4.78 is 5.18. The highest BCUT2D eigenvalue weighted by Crippen LogP contribution is 2.35. The first-order chi connectivity index (χ1) is 9.58.